The molecular formula is C17H22N4. The molecular weight excluding hydrogens is 260 g/mol. The van der Waals surface area contributed by atoms with Gasteiger partial charge in [-0.15, -0.1) is 0 Å². The van der Waals surface area contributed by atoms with Gasteiger partial charge in [0.2, 0.25) is 0 Å². The van der Waals surface area contributed by atoms with Gasteiger partial charge >= 0.3 is 0 Å². The molecule has 0 aliphatic carbocycles. The lowest BCUT2D eigenvalue weighted by atomic mass is 9.81. The summed E-state index contributed by atoms with van der Waals surface area (Å²) in [5, 5.41) is 0. The van der Waals surface area contributed by atoms with E-state index in [0.717, 1.165) is 33.5 Å². The molecule has 0 unspecified atom stereocenters. The summed E-state index contributed by atoms with van der Waals surface area (Å²) >= 11 is 0. The topological polar surface area (TPSA) is 54.5 Å². The minimum atomic E-state index is -0.0374. The van der Waals surface area contributed by atoms with Gasteiger partial charge in [0.15, 0.2) is 0 Å². The van der Waals surface area contributed by atoms with Gasteiger partial charge in [-0.3, -0.25) is 0 Å². The zero-order valence-corrected chi connectivity index (χ0v) is 13.6. The highest BCUT2D eigenvalue weighted by atomic mass is 14.9. The zero-order chi connectivity index (χ0) is 15.4. The minimum absolute atomic E-state index is 0.0350. The highest BCUT2D eigenvalue weighted by Gasteiger charge is 2.28. The molecule has 0 bridgehead atoms. The van der Waals surface area contributed by atoms with Gasteiger partial charge in [-0.1, -0.05) is 41.5 Å². The van der Waals surface area contributed by atoms with Crippen molar-refractivity contribution in [3.8, 4) is 0 Å². The molecule has 3 aromatic rings. The third kappa shape index (κ3) is 2.39. The third-order valence-corrected chi connectivity index (χ3v) is 3.63. The molecule has 0 atom stereocenters. The van der Waals surface area contributed by atoms with E-state index in [1.54, 1.807) is 6.33 Å². The molecule has 0 spiro atoms. The number of rotatable bonds is 0. The van der Waals surface area contributed by atoms with Crippen molar-refractivity contribution in [2.75, 3.05) is 0 Å². The number of benzene rings is 1. The zero-order valence-electron chi connectivity index (χ0n) is 13.6. The molecule has 2 heterocycles. The Labute approximate surface area is 125 Å². The lowest BCUT2D eigenvalue weighted by molar-refractivity contribution is 0.502. The Kier molecular flexibility index (Phi) is 2.84. The second-order valence-corrected chi connectivity index (χ2v) is 7.68. The van der Waals surface area contributed by atoms with Crippen molar-refractivity contribution < 1.29 is 0 Å². The summed E-state index contributed by atoms with van der Waals surface area (Å²) in [6.07, 6.45) is 1.71. The van der Waals surface area contributed by atoms with E-state index in [2.05, 4.69) is 51.5 Å². The smallest absolute Gasteiger partial charge is 0.0931 e. The molecule has 0 saturated heterocycles. The number of H-pyrrole nitrogens is 1. The highest BCUT2D eigenvalue weighted by Crippen LogP contribution is 2.33. The Morgan fingerprint density at radius 2 is 1.29 bits per heavy atom. The number of aromatic amines is 1. The fourth-order valence-corrected chi connectivity index (χ4v) is 2.53. The van der Waals surface area contributed by atoms with Crippen LogP contribution in [0.1, 0.15) is 52.9 Å². The summed E-state index contributed by atoms with van der Waals surface area (Å²) < 4.78 is 0. The lowest BCUT2D eigenvalue weighted by Crippen LogP contribution is -2.25. The number of nitrogens with one attached hydrogen (secondary N) is 1. The van der Waals surface area contributed by atoms with E-state index in [9.17, 15) is 0 Å². The molecule has 21 heavy (non-hydrogen) atoms. The fraction of sp³-hybridized carbons (Fsp3) is 0.471. The number of nitrogens with zero attached hydrogens (tertiary/aromatic N) is 3. The van der Waals surface area contributed by atoms with Crippen LogP contribution in [0.15, 0.2) is 18.5 Å². The second-order valence-electron chi connectivity index (χ2n) is 7.68. The van der Waals surface area contributed by atoms with Crippen molar-refractivity contribution >= 4 is 22.1 Å². The van der Waals surface area contributed by atoms with Crippen LogP contribution in [0.5, 0.6) is 0 Å². The molecule has 0 saturated carbocycles. The summed E-state index contributed by atoms with van der Waals surface area (Å²) in [5.41, 5.74) is 5.83. The predicted octanol–water partition coefficient (Wildman–Crippen LogP) is 4.10. The quantitative estimate of drug-likeness (QED) is 0.675. The molecule has 4 heteroatoms. The highest BCUT2D eigenvalue weighted by molar-refractivity contribution is 5.90. The van der Waals surface area contributed by atoms with Crippen LogP contribution in [-0.4, -0.2) is 19.9 Å². The van der Waals surface area contributed by atoms with E-state index in [0.29, 0.717) is 0 Å². The second kappa shape index (κ2) is 4.26. The summed E-state index contributed by atoms with van der Waals surface area (Å²) in [4.78, 5) is 17.3. The van der Waals surface area contributed by atoms with Crippen LogP contribution in [-0.2, 0) is 10.8 Å². The molecule has 0 amide bonds. The first-order valence-corrected chi connectivity index (χ1v) is 7.32. The number of fused-ring (bicyclic) bond motifs is 2. The Morgan fingerprint density at radius 3 is 1.81 bits per heavy atom. The van der Waals surface area contributed by atoms with Crippen LogP contribution in [0.3, 0.4) is 0 Å². The Bertz CT molecular complexity index is 749. The van der Waals surface area contributed by atoms with Gasteiger partial charge in [0.05, 0.1) is 39.8 Å². The summed E-state index contributed by atoms with van der Waals surface area (Å²) in [6.45, 7) is 13.1. The molecule has 0 aliphatic heterocycles. The normalized spacial score (nSPS) is 13.2. The molecule has 110 valence electrons. The van der Waals surface area contributed by atoms with Gasteiger partial charge in [0.25, 0.3) is 0 Å². The van der Waals surface area contributed by atoms with Gasteiger partial charge in [0, 0.05) is 10.8 Å². The number of aromatic nitrogens is 4. The molecule has 2 aromatic heterocycles. The SMILES string of the molecule is CC(C)(C)c1nc2cc3nc[nH]c3cc2nc1C(C)(C)C. The van der Waals surface area contributed by atoms with Crippen molar-refractivity contribution in [1.29, 1.82) is 0 Å². The first kappa shape index (κ1) is 14.0. The van der Waals surface area contributed by atoms with E-state index < -0.39 is 0 Å². The van der Waals surface area contributed by atoms with Crippen LogP contribution in [0.25, 0.3) is 22.1 Å². The van der Waals surface area contributed by atoms with Gasteiger partial charge in [-0.05, 0) is 12.1 Å². The predicted molar refractivity (Wildman–Crippen MR) is 86.6 cm³/mol. The molecule has 4 nitrogen and oxygen atoms in total. The van der Waals surface area contributed by atoms with E-state index in [-0.39, 0.29) is 10.8 Å². The van der Waals surface area contributed by atoms with E-state index in [4.69, 9.17) is 9.97 Å². The van der Waals surface area contributed by atoms with Crippen molar-refractivity contribution in [3.05, 3.63) is 29.8 Å². The van der Waals surface area contributed by atoms with Crippen molar-refractivity contribution in [2.45, 2.75) is 52.4 Å². The van der Waals surface area contributed by atoms with Gasteiger partial charge in [0.1, 0.15) is 0 Å². The van der Waals surface area contributed by atoms with Crippen LogP contribution in [0, 0.1) is 0 Å². The Hall–Kier alpha value is -1.97. The molecule has 1 N–H and O–H groups in total. The monoisotopic (exact) mass is 282 g/mol. The molecule has 3 rings (SSSR count). The maximum atomic E-state index is 4.93. The van der Waals surface area contributed by atoms with Gasteiger partial charge in [-0.2, -0.15) is 0 Å². The number of hydrogen-bond donors (Lipinski definition) is 1. The van der Waals surface area contributed by atoms with Crippen molar-refractivity contribution in [3.63, 3.8) is 0 Å². The van der Waals surface area contributed by atoms with Crippen LogP contribution in [0.2, 0.25) is 0 Å². The van der Waals surface area contributed by atoms with Crippen LogP contribution < -0.4 is 0 Å². The van der Waals surface area contributed by atoms with E-state index in [1.807, 2.05) is 12.1 Å². The van der Waals surface area contributed by atoms with Gasteiger partial charge < -0.3 is 4.98 Å². The van der Waals surface area contributed by atoms with E-state index >= 15 is 0 Å². The maximum Gasteiger partial charge on any atom is 0.0931 e. The first-order valence-electron chi connectivity index (χ1n) is 7.32. The minimum Gasteiger partial charge on any atom is -0.345 e. The third-order valence-electron chi connectivity index (χ3n) is 3.63. The number of imidazole rings is 1. The maximum absolute atomic E-state index is 4.93. The van der Waals surface area contributed by atoms with Crippen molar-refractivity contribution in [2.24, 2.45) is 0 Å². The van der Waals surface area contributed by atoms with Crippen LogP contribution in [0.4, 0.5) is 0 Å². The lowest BCUT2D eigenvalue weighted by Gasteiger charge is -2.28. The summed E-state index contributed by atoms with van der Waals surface area (Å²) in [7, 11) is 0. The fourth-order valence-electron chi connectivity index (χ4n) is 2.53. The molecule has 0 aliphatic rings. The Balaban J connectivity index is 2.39. The van der Waals surface area contributed by atoms with E-state index in [1.165, 1.54) is 0 Å². The molecule has 0 radical (unpaired) electrons. The molecule has 1 aromatic carbocycles. The number of hydrogen-bond acceptors (Lipinski definition) is 3. The average Bonchev–Trinajstić information content (AvgIpc) is 2.79. The van der Waals surface area contributed by atoms with Gasteiger partial charge in [-0.25, -0.2) is 15.0 Å². The summed E-state index contributed by atoms with van der Waals surface area (Å²) in [5.74, 6) is 0. The van der Waals surface area contributed by atoms with Crippen molar-refractivity contribution in [1.82, 2.24) is 19.9 Å². The molecule has 0 fully saturated rings. The average molecular weight is 282 g/mol. The largest absolute Gasteiger partial charge is 0.345 e. The standard InChI is InChI=1S/C17H22N4/c1-16(2,3)14-15(17(4,5)6)21-13-8-11-10(18-9-19-11)7-12(13)20-14/h7-9H,1-6H3,(H,18,19). The van der Waals surface area contributed by atoms with Crippen LogP contribution >= 0.6 is 0 Å². The first-order chi connectivity index (χ1) is 9.66. The summed E-state index contributed by atoms with van der Waals surface area (Å²) in [6, 6.07) is 4.04. The Morgan fingerprint density at radius 1 is 0.762 bits per heavy atom.